The van der Waals surface area contributed by atoms with Gasteiger partial charge in [-0.25, -0.2) is 10.6 Å². The number of hydrogen-bond donors (Lipinski definition) is 2. The zero-order valence-corrected chi connectivity index (χ0v) is 22.1. The maximum Gasteiger partial charge on any atom is 0.430 e. The van der Waals surface area contributed by atoms with Crippen LogP contribution in [0.3, 0.4) is 0 Å². The summed E-state index contributed by atoms with van der Waals surface area (Å²) in [6, 6.07) is 0.459. The van der Waals surface area contributed by atoms with E-state index in [0.29, 0.717) is 12.6 Å². The number of allylic oxidation sites excluding steroid dienone is 1. The molecule has 5 rings (SSSR count). The lowest BCUT2D eigenvalue weighted by Gasteiger charge is -2.50. The van der Waals surface area contributed by atoms with Crippen molar-refractivity contribution in [2.75, 3.05) is 6.61 Å². The van der Waals surface area contributed by atoms with Crippen molar-refractivity contribution < 1.29 is 46.7 Å². The third kappa shape index (κ3) is 5.66. The molecule has 12 heteroatoms. The summed E-state index contributed by atoms with van der Waals surface area (Å²) < 4.78 is 52.8. The van der Waals surface area contributed by atoms with Crippen molar-refractivity contribution in [3.63, 3.8) is 0 Å². The van der Waals surface area contributed by atoms with Crippen LogP contribution in [0, 0.1) is 5.92 Å². The van der Waals surface area contributed by atoms with Crippen LogP contribution in [0.5, 0.6) is 0 Å². The normalized spacial score (nSPS) is 37.9. The molecule has 5 aliphatic rings. The van der Waals surface area contributed by atoms with E-state index in [1.807, 2.05) is 6.92 Å². The smallest absolute Gasteiger partial charge is 0.430 e. The number of carboxylic acids is 1. The van der Waals surface area contributed by atoms with Gasteiger partial charge in [0.1, 0.15) is 5.97 Å². The summed E-state index contributed by atoms with van der Waals surface area (Å²) in [5.41, 5.74) is -1.09. The monoisotopic (exact) mass is 545 g/mol. The first kappa shape index (κ1) is 28.7. The second kappa shape index (κ2) is 11.0. The van der Waals surface area contributed by atoms with Gasteiger partial charge in [-0.3, -0.25) is 9.37 Å². The Hall–Kier alpha value is -2.34. The minimum atomic E-state index is -5.19. The number of carbonyl (C=O) groups is 2. The Morgan fingerprint density at radius 2 is 1.92 bits per heavy atom. The van der Waals surface area contributed by atoms with Crippen molar-refractivity contribution in [1.82, 2.24) is 10.6 Å². The second-order valence-electron chi connectivity index (χ2n) is 10.8. The Balaban J connectivity index is 0.000000426. The molecule has 0 aliphatic carbocycles. The highest BCUT2D eigenvalue weighted by molar-refractivity contribution is 5.82. The number of esters is 1. The molecule has 0 amide bonds. The molecule has 2 saturated heterocycles. The largest absolute Gasteiger partial charge is 0.542 e. The van der Waals surface area contributed by atoms with Crippen molar-refractivity contribution in [3.8, 4) is 0 Å². The predicted molar refractivity (Wildman–Crippen MR) is 128 cm³/mol. The molecule has 5 heterocycles. The molecule has 0 unspecified atom stereocenters. The van der Waals surface area contributed by atoms with E-state index in [0.717, 1.165) is 63.7 Å². The minimum Gasteiger partial charge on any atom is -0.542 e. The molecule has 38 heavy (non-hydrogen) atoms. The Morgan fingerprint density at radius 3 is 2.55 bits per heavy atom. The Kier molecular flexibility index (Phi) is 8.32. The van der Waals surface area contributed by atoms with E-state index >= 15 is 0 Å². The van der Waals surface area contributed by atoms with Gasteiger partial charge in [0.2, 0.25) is 5.72 Å². The van der Waals surface area contributed by atoms with E-state index in [2.05, 4.69) is 41.2 Å². The summed E-state index contributed by atoms with van der Waals surface area (Å²) in [6.45, 7) is 6.57. The summed E-state index contributed by atoms with van der Waals surface area (Å²) in [7, 11) is 0. The minimum absolute atomic E-state index is 0.0984. The summed E-state index contributed by atoms with van der Waals surface area (Å²) in [5, 5.41) is 16.3. The lowest BCUT2D eigenvalue weighted by Crippen LogP contribution is -2.76. The lowest BCUT2D eigenvalue weighted by atomic mass is 9.80. The molecule has 0 saturated carbocycles. The molecular weight excluding hydrogens is 507 g/mol. The predicted octanol–water partition coefficient (Wildman–Crippen LogP) is 2.09. The number of halogens is 3. The molecular formula is C26H38F3N3O6. The average molecular weight is 546 g/mol. The summed E-state index contributed by atoms with van der Waals surface area (Å²) in [6.07, 6.45) is 8.31. The van der Waals surface area contributed by atoms with Gasteiger partial charge in [-0.05, 0) is 52.4 Å². The molecule has 5 aliphatic heterocycles. The Morgan fingerprint density at radius 1 is 1.18 bits per heavy atom. The number of carbonyl (C=O) groups excluding carboxylic acids is 2. The maximum atomic E-state index is 13.2. The van der Waals surface area contributed by atoms with E-state index in [1.165, 1.54) is 0 Å². The molecule has 0 aromatic rings. The topological polar surface area (TPSA) is 112 Å². The number of carboxylic acid groups (broad SMARTS) is 1. The highest BCUT2D eigenvalue weighted by Crippen LogP contribution is 2.45. The first-order chi connectivity index (χ1) is 17.9. The molecule has 2 spiro atoms. The number of alkyl halides is 3. The van der Waals surface area contributed by atoms with Crippen LogP contribution in [0.15, 0.2) is 12.2 Å². The Labute approximate surface area is 220 Å². The number of aliphatic carboxylic acids is 1. The van der Waals surface area contributed by atoms with E-state index in [-0.39, 0.29) is 35.9 Å². The first-order valence-electron chi connectivity index (χ1n) is 13.6. The number of guanidine groups is 1. The standard InChI is InChI=1S/C24H37N3O4.C2HF3O2/c1-4-18-10-6-7-13-23(31-18)15-17-11-12-19-20(21(28)29-5-2)24(14-8-9-16(3)30-24)26-22(25-23)27(17)19;3-2(4,5)1(6)7/h6,10,16-20H,4-5,7-9,11-15H2,1-3H3,(H,25,26);(H,6,7)/t16-,17+,18+,19-,20-,23+,24-;/m1./s1. The fraction of sp³-hybridized carbons (Fsp3) is 0.808. The van der Waals surface area contributed by atoms with Gasteiger partial charge < -0.3 is 24.1 Å². The fourth-order valence-electron chi connectivity index (χ4n) is 6.63. The first-order valence-corrected chi connectivity index (χ1v) is 13.6. The van der Waals surface area contributed by atoms with Gasteiger partial charge in [0.25, 0.3) is 0 Å². The van der Waals surface area contributed by atoms with Crippen molar-refractivity contribution in [2.45, 2.75) is 120 Å². The SMILES string of the molecule is CCOC(=O)[C@H]1[C@H]2CC[C@H]3C[C@@]4(CCC=C[C@H](CC)O4)NC(=[N+]32)N[C@@]12CCC[C@@H](C)O2.O=C([O-])C(F)(F)F. The van der Waals surface area contributed by atoms with E-state index in [1.54, 1.807) is 0 Å². The molecule has 214 valence electrons. The molecule has 2 N–H and O–H groups in total. The number of ether oxygens (including phenoxy) is 3. The van der Waals surface area contributed by atoms with Gasteiger partial charge in [-0.15, -0.1) is 0 Å². The van der Waals surface area contributed by atoms with Crippen molar-refractivity contribution in [3.05, 3.63) is 12.2 Å². The average Bonchev–Trinajstić information content (AvgIpc) is 3.13. The van der Waals surface area contributed by atoms with Gasteiger partial charge in [0, 0.05) is 19.3 Å². The molecule has 7 atom stereocenters. The zero-order chi connectivity index (χ0) is 27.7. The molecule has 0 aromatic heterocycles. The number of nitrogens with zero attached hydrogens (tertiary/aromatic N) is 1. The van der Waals surface area contributed by atoms with Crippen molar-refractivity contribution >= 4 is 17.9 Å². The van der Waals surface area contributed by atoms with Crippen LogP contribution in [-0.2, 0) is 23.8 Å². The molecule has 0 bridgehead atoms. The van der Waals surface area contributed by atoms with Crippen LogP contribution < -0.4 is 15.7 Å². The number of rotatable bonds is 3. The maximum absolute atomic E-state index is 13.2. The molecule has 2 fully saturated rings. The van der Waals surface area contributed by atoms with E-state index in [9.17, 15) is 18.0 Å². The Bertz CT molecular complexity index is 972. The van der Waals surface area contributed by atoms with Gasteiger partial charge in [-0.1, -0.05) is 19.1 Å². The second-order valence-corrected chi connectivity index (χ2v) is 10.8. The number of nitrogens with one attached hydrogen (secondary N) is 2. The van der Waals surface area contributed by atoms with Crippen LogP contribution in [0.25, 0.3) is 0 Å². The van der Waals surface area contributed by atoms with Crippen LogP contribution in [0.1, 0.15) is 78.6 Å². The summed E-state index contributed by atoms with van der Waals surface area (Å²) >= 11 is 0. The van der Waals surface area contributed by atoms with Gasteiger partial charge in [0.15, 0.2) is 11.6 Å². The summed E-state index contributed by atoms with van der Waals surface area (Å²) in [4.78, 5) is 22.0. The quantitative estimate of drug-likeness (QED) is 0.315. The van der Waals surface area contributed by atoms with Gasteiger partial charge in [0.05, 0.1) is 30.9 Å². The van der Waals surface area contributed by atoms with E-state index in [4.69, 9.17) is 24.1 Å². The van der Waals surface area contributed by atoms with Gasteiger partial charge >= 0.3 is 18.1 Å². The fourth-order valence-corrected chi connectivity index (χ4v) is 6.63. The molecule has 0 aromatic carbocycles. The molecule has 0 radical (unpaired) electrons. The zero-order valence-electron chi connectivity index (χ0n) is 22.1. The van der Waals surface area contributed by atoms with Crippen LogP contribution in [-0.4, -0.2) is 71.0 Å². The van der Waals surface area contributed by atoms with Crippen molar-refractivity contribution in [1.29, 1.82) is 0 Å². The van der Waals surface area contributed by atoms with E-state index < -0.39 is 17.9 Å². The van der Waals surface area contributed by atoms with Crippen LogP contribution in [0.4, 0.5) is 13.2 Å². The van der Waals surface area contributed by atoms with Gasteiger partial charge in [-0.2, -0.15) is 13.2 Å². The third-order valence-corrected chi connectivity index (χ3v) is 8.12. The number of hydrogen-bond acceptors (Lipinski definition) is 8. The lowest BCUT2D eigenvalue weighted by molar-refractivity contribution is -0.609. The van der Waals surface area contributed by atoms with Crippen LogP contribution in [0.2, 0.25) is 0 Å². The van der Waals surface area contributed by atoms with Crippen LogP contribution >= 0.6 is 0 Å². The highest BCUT2D eigenvalue weighted by atomic mass is 19.4. The highest BCUT2D eigenvalue weighted by Gasteiger charge is 2.64. The van der Waals surface area contributed by atoms with Crippen molar-refractivity contribution in [2.24, 2.45) is 5.92 Å². The summed E-state index contributed by atoms with van der Waals surface area (Å²) in [5.74, 6) is -2.47. The third-order valence-electron chi connectivity index (χ3n) is 8.12. The molecule has 9 nitrogen and oxygen atoms in total.